The zero-order valence-electron chi connectivity index (χ0n) is 14.1. The van der Waals surface area contributed by atoms with Gasteiger partial charge in [-0.2, -0.15) is 8.78 Å². The van der Waals surface area contributed by atoms with Crippen molar-refractivity contribution >= 4 is 5.96 Å². The molecule has 2 aromatic rings. The number of ether oxygens (including phenoxy) is 1. The molecule has 0 saturated heterocycles. The molecule has 1 aliphatic heterocycles. The average Bonchev–Trinajstić information content (AvgIpc) is 2.87. The van der Waals surface area contributed by atoms with Crippen LogP contribution in [0.15, 0.2) is 65.8 Å². The number of hydrogen-bond donors (Lipinski definition) is 1. The van der Waals surface area contributed by atoms with Crippen LogP contribution in [0.1, 0.15) is 16.7 Å². The third kappa shape index (κ3) is 2.89. The second kappa shape index (κ2) is 6.74. The average molecular weight is 361 g/mol. The molecule has 1 heterocycles. The molecule has 0 amide bonds. The minimum absolute atomic E-state index is 0.0327. The van der Waals surface area contributed by atoms with Crippen molar-refractivity contribution < 1.29 is 17.9 Å². The van der Waals surface area contributed by atoms with Crippen LogP contribution < -0.4 is 10.5 Å². The second-order valence-electron chi connectivity index (χ2n) is 5.92. The molecule has 0 bridgehead atoms. The zero-order valence-corrected chi connectivity index (χ0v) is 14.1. The smallest absolute Gasteiger partial charge is 0.387 e. The number of halogens is 3. The van der Waals surface area contributed by atoms with E-state index in [9.17, 15) is 13.2 Å². The topological polar surface area (TPSA) is 50.8 Å². The molecule has 0 spiro atoms. The minimum atomic E-state index is -2.91. The Bertz CT molecular complexity index is 851. The maximum atomic E-state index is 13.2. The molecule has 0 aliphatic carbocycles. The van der Waals surface area contributed by atoms with Crippen molar-refractivity contribution in [3.05, 3.63) is 77.5 Å². The highest BCUT2D eigenvalue weighted by Crippen LogP contribution is 2.45. The van der Waals surface area contributed by atoms with E-state index in [0.717, 1.165) is 0 Å². The molecule has 2 N–H and O–H groups in total. The van der Waals surface area contributed by atoms with Gasteiger partial charge in [-0.3, -0.25) is 0 Å². The van der Waals surface area contributed by atoms with Crippen LogP contribution in [-0.4, -0.2) is 24.5 Å². The molecular weight excluding hydrogens is 343 g/mol. The molecule has 7 heteroatoms. The van der Waals surface area contributed by atoms with Crippen LogP contribution in [0.25, 0.3) is 0 Å². The van der Waals surface area contributed by atoms with Crippen LogP contribution in [0.3, 0.4) is 0 Å². The Hall–Kier alpha value is -2.96. The Kier molecular flexibility index (Phi) is 4.63. The number of aliphatic imine (C=N–C) groups is 1. The maximum absolute atomic E-state index is 13.2. The molecule has 0 unspecified atom stereocenters. The van der Waals surface area contributed by atoms with Crippen LogP contribution >= 0.6 is 0 Å². The Morgan fingerprint density at radius 2 is 1.88 bits per heavy atom. The second-order valence-corrected chi connectivity index (χ2v) is 5.92. The SMILES string of the molecule is C=C1N(C)C(N)=N[C@]1(c1ccc(OC(F)F)cc1)c1cccc(CF)c1. The number of guanidine groups is 1. The van der Waals surface area contributed by atoms with Crippen LogP contribution in [0.4, 0.5) is 13.2 Å². The van der Waals surface area contributed by atoms with E-state index in [-0.39, 0.29) is 11.7 Å². The first-order valence-electron chi connectivity index (χ1n) is 7.87. The standard InChI is InChI=1S/C19H18F3N3O/c1-12-19(24-18(23)25(12)2,15-5-3-4-13(10-15)11-20)14-6-8-16(9-7-14)26-17(21)22/h3-10,17H,1,11H2,2H3,(H2,23,24)/t19-/m1/s1. The lowest BCUT2D eigenvalue weighted by Gasteiger charge is -2.30. The number of alkyl halides is 3. The van der Waals surface area contributed by atoms with E-state index in [1.54, 1.807) is 42.3 Å². The summed E-state index contributed by atoms with van der Waals surface area (Å²) in [5, 5.41) is 0. The molecule has 4 nitrogen and oxygen atoms in total. The molecule has 0 saturated carbocycles. The number of hydrogen-bond acceptors (Lipinski definition) is 4. The minimum Gasteiger partial charge on any atom is -0.435 e. The summed E-state index contributed by atoms with van der Waals surface area (Å²) in [5.41, 5.74) is 7.36. The highest BCUT2D eigenvalue weighted by Gasteiger charge is 2.44. The van der Waals surface area contributed by atoms with Crippen molar-refractivity contribution in [1.82, 2.24) is 4.90 Å². The summed E-state index contributed by atoms with van der Waals surface area (Å²) in [6, 6.07) is 13.0. The summed E-state index contributed by atoms with van der Waals surface area (Å²) in [7, 11) is 1.73. The van der Waals surface area contributed by atoms with Gasteiger partial charge in [-0.15, -0.1) is 0 Å². The Balaban J connectivity index is 2.15. The van der Waals surface area contributed by atoms with Crippen LogP contribution in [0, 0.1) is 0 Å². The highest BCUT2D eigenvalue weighted by atomic mass is 19.3. The van der Waals surface area contributed by atoms with Gasteiger partial charge in [0.1, 0.15) is 12.4 Å². The first-order valence-corrected chi connectivity index (χ1v) is 7.87. The van der Waals surface area contributed by atoms with Gasteiger partial charge in [0.25, 0.3) is 0 Å². The number of benzene rings is 2. The zero-order chi connectivity index (χ0) is 18.9. The molecule has 0 fully saturated rings. The molecule has 0 aromatic heterocycles. The quantitative estimate of drug-likeness (QED) is 0.882. The normalized spacial score (nSPS) is 19.8. The van der Waals surface area contributed by atoms with Crippen molar-refractivity contribution in [2.24, 2.45) is 10.7 Å². The summed E-state index contributed by atoms with van der Waals surface area (Å²) in [6.45, 7) is 0.581. The Morgan fingerprint density at radius 1 is 1.19 bits per heavy atom. The summed E-state index contributed by atoms with van der Waals surface area (Å²) in [4.78, 5) is 6.24. The predicted octanol–water partition coefficient (Wildman–Crippen LogP) is 3.77. The van der Waals surface area contributed by atoms with Crippen molar-refractivity contribution in [3.8, 4) is 5.75 Å². The van der Waals surface area contributed by atoms with Crippen LogP contribution in [0.2, 0.25) is 0 Å². The van der Waals surface area contributed by atoms with Gasteiger partial charge in [0, 0.05) is 7.05 Å². The molecule has 26 heavy (non-hydrogen) atoms. The van der Waals surface area contributed by atoms with Gasteiger partial charge in [-0.05, 0) is 34.9 Å². The van der Waals surface area contributed by atoms with E-state index in [1.807, 2.05) is 6.07 Å². The van der Waals surface area contributed by atoms with E-state index in [1.165, 1.54) is 12.1 Å². The van der Waals surface area contributed by atoms with E-state index in [0.29, 0.717) is 22.4 Å². The molecule has 1 atom stereocenters. The molecule has 0 radical (unpaired) electrons. The first-order chi connectivity index (χ1) is 12.4. The molecule has 136 valence electrons. The third-order valence-electron chi connectivity index (χ3n) is 4.44. The third-order valence-corrected chi connectivity index (χ3v) is 4.44. The summed E-state index contributed by atoms with van der Waals surface area (Å²) in [5.74, 6) is 0.291. The summed E-state index contributed by atoms with van der Waals surface area (Å²) >= 11 is 0. The molecule has 2 aromatic carbocycles. The van der Waals surface area contributed by atoms with Gasteiger partial charge >= 0.3 is 6.61 Å². The number of nitrogens with zero attached hydrogens (tertiary/aromatic N) is 2. The van der Waals surface area contributed by atoms with Crippen LogP contribution in [0.5, 0.6) is 5.75 Å². The lowest BCUT2D eigenvalue weighted by atomic mass is 9.80. The van der Waals surface area contributed by atoms with Gasteiger partial charge in [0.2, 0.25) is 0 Å². The molecule has 1 aliphatic rings. The lowest BCUT2D eigenvalue weighted by molar-refractivity contribution is -0.0498. The fourth-order valence-corrected chi connectivity index (χ4v) is 3.08. The number of nitrogens with two attached hydrogens (primary N) is 1. The maximum Gasteiger partial charge on any atom is 0.387 e. The summed E-state index contributed by atoms with van der Waals surface area (Å²) in [6.07, 6.45) is 0. The van der Waals surface area contributed by atoms with E-state index >= 15 is 0 Å². The Labute approximate surface area is 149 Å². The predicted molar refractivity (Wildman–Crippen MR) is 93.6 cm³/mol. The van der Waals surface area contributed by atoms with Gasteiger partial charge < -0.3 is 15.4 Å². The Morgan fingerprint density at radius 3 is 2.42 bits per heavy atom. The number of rotatable bonds is 5. The van der Waals surface area contributed by atoms with Crippen molar-refractivity contribution in [3.63, 3.8) is 0 Å². The fraction of sp³-hybridized carbons (Fsp3) is 0.211. The molecule has 3 rings (SSSR count). The van der Waals surface area contributed by atoms with E-state index in [2.05, 4.69) is 16.3 Å². The monoisotopic (exact) mass is 361 g/mol. The summed E-state index contributed by atoms with van der Waals surface area (Å²) < 4.78 is 42.4. The molecular formula is C19H18F3N3O. The van der Waals surface area contributed by atoms with Gasteiger partial charge in [0.15, 0.2) is 11.5 Å². The van der Waals surface area contributed by atoms with Gasteiger partial charge in [0.05, 0.1) is 5.70 Å². The van der Waals surface area contributed by atoms with Crippen molar-refractivity contribution in [1.29, 1.82) is 0 Å². The largest absolute Gasteiger partial charge is 0.435 e. The number of likely N-dealkylation sites (N-methyl/N-ethyl adjacent to an activating group) is 1. The van der Waals surface area contributed by atoms with Gasteiger partial charge in [-0.1, -0.05) is 36.9 Å². The van der Waals surface area contributed by atoms with Crippen molar-refractivity contribution in [2.75, 3.05) is 7.05 Å². The lowest BCUT2D eigenvalue weighted by Crippen LogP contribution is -2.32. The van der Waals surface area contributed by atoms with Gasteiger partial charge in [-0.25, -0.2) is 9.38 Å². The highest BCUT2D eigenvalue weighted by molar-refractivity contribution is 5.85. The first kappa shape index (κ1) is 17.8. The van der Waals surface area contributed by atoms with Crippen LogP contribution in [-0.2, 0) is 12.2 Å². The van der Waals surface area contributed by atoms with E-state index in [4.69, 9.17) is 5.73 Å². The van der Waals surface area contributed by atoms with E-state index < -0.39 is 18.8 Å². The van der Waals surface area contributed by atoms with Crippen molar-refractivity contribution in [2.45, 2.75) is 18.8 Å². The fourth-order valence-electron chi connectivity index (χ4n) is 3.08.